The summed E-state index contributed by atoms with van der Waals surface area (Å²) in [5, 5.41) is 0. The van der Waals surface area contributed by atoms with Crippen molar-refractivity contribution in [2.24, 2.45) is 0 Å². The predicted octanol–water partition coefficient (Wildman–Crippen LogP) is 2.28. The fourth-order valence-corrected chi connectivity index (χ4v) is 2.31. The number of rotatable bonds is 5. The molecule has 0 radical (unpaired) electrons. The first-order valence-electron chi connectivity index (χ1n) is 5.21. The van der Waals surface area contributed by atoms with E-state index in [0.29, 0.717) is 12.5 Å². The van der Waals surface area contributed by atoms with E-state index in [0.717, 1.165) is 23.7 Å². The Hall–Kier alpha value is -1.16. The highest BCUT2D eigenvalue weighted by atomic mass is 32.2. The predicted molar refractivity (Wildman–Crippen MR) is 64.3 cm³/mol. The summed E-state index contributed by atoms with van der Waals surface area (Å²) in [6, 6.07) is 5.99. The van der Waals surface area contributed by atoms with Crippen molar-refractivity contribution in [3.63, 3.8) is 0 Å². The lowest BCUT2D eigenvalue weighted by atomic mass is 10.1. The molecule has 1 aromatic rings. The smallest absolute Gasteiger partial charge is 0.231 e. The summed E-state index contributed by atoms with van der Waals surface area (Å²) in [7, 11) is 0. The lowest BCUT2D eigenvalue weighted by Gasteiger charge is -2.02. The van der Waals surface area contributed by atoms with E-state index in [1.807, 2.05) is 18.2 Å². The first kappa shape index (κ1) is 11.3. The topological polar surface area (TPSA) is 35.5 Å². The minimum absolute atomic E-state index is 0.232. The minimum atomic E-state index is 0.232. The third-order valence-corrected chi connectivity index (χ3v) is 3.38. The van der Waals surface area contributed by atoms with Gasteiger partial charge < -0.3 is 9.47 Å². The molecule has 4 heteroatoms. The van der Waals surface area contributed by atoms with Gasteiger partial charge in [0, 0.05) is 0 Å². The van der Waals surface area contributed by atoms with Crippen LogP contribution in [0.5, 0.6) is 11.5 Å². The van der Waals surface area contributed by atoms with Crippen LogP contribution in [0.15, 0.2) is 18.2 Å². The molecule has 0 aliphatic carbocycles. The molecule has 0 atom stereocenters. The molecule has 1 heterocycles. The monoisotopic (exact) mass is 238 g/mol. The maximum absolute atomic E-state index is 10.8. The molecular formula is C12H14O3S. The highest BCUT2D eigenvalue weighted by Crippen LogP contribution is 2.32. The molecule has 16 heavy (non-hydrogen) atoms. The van der Waals surface area contributed by atoms with Gasteiger partial charge in [0.15, 0.2) is 11.5 Å². The zero-order chi connectivity index (χ0) is 11.4. The molecule has 2 rings (SSSR count). The third-order valence-electron chi connectivity index (χ3n) is 2.28. The Balaban J connectivity index is 1.83. The van der Waals surface area contributed by atoms with Crippen LogP contribution in [0.3, 0.4) is 0 Å². The van der Waals surface area contributed by atoms with Crippen molar-refractivity contribution < 1.29 is 14.3 Å². The first-order chi connectivity index (χ1) is 7.75. The van der Waals surface area contributed by atoms with Crippen molar-refractivity contribution in [1.29, 1.82) is 0 Å². The van der Waals surface area contributed by atoms with Gasteiger partial charge in [0.25, 0.3) is 0 Å². The number of Topliss-reactive ketones (excluding diaryl/α,β-unsaturated/α-hetero) is 1. The van der Waals surface area contributed by atoms with E-state index in [1.165, 1.54) is 5.56 Å². The van der Waals surface area contributed by atoms with E-state index in [1.54, 1.807) is 18.7 Å². The van der Waals surface area contributed by atoms with Gasteiger partial charge in [0.05, 0.1) is 5.75 Å². The second-order valence-electron chi connectivity index (χ2n) is 3.69. The Morgan fingerprint density at radius 3 is 3.00 bits per heavy atom. The van der Waals surface area contributed by atoms with Gasteiger partial charge in [-0.05, 0) is 36.8 Å². The first-order valence-corrected chi connectivity index (χ1v) is 6.37. The number of carbonyl (C=O) groups is 1. The molecule has 1 aliphatic heterocycles. The quantitative estimate of drug-likeness (QED) is 0.737. The second-order valence-corrected chi connectivity index (χ2v) is 4.80. The number of ketones is 1. The lowest BCUT2D eigenvalue weighted by molar-refractivity contribution is -0.114. The highest BCUT2D eigenvalue weighted by Gasteiger charge is 2.12. The molecule has 86 valence electrons. The summed E-state index contributed by atoms with van der Waals surface area (Å²) in [6.07, 6.45) is 0.953. The van der Waals surface area contributed by atoms with Crippen molar-refractivity contribution in [2.75, 3.05) is 18.3 Å². The van der Waals surface area contributed by atoms with Crippen LogP contribution in [-0.2, 0) is 11.2 Å². The highest BCUT2D eigenvalue weighted by molar-refractivity contribution is 7.99. The molecule has 0 saturated carbocycles. The van der Waals surface area contributed by atoms with Gasteiger partial charge in [0.1, 0.15) is 5.78 Å². The molecule has 0 spiro atoms. The number of carbonyl (C=O) groups excluding carboxylic acids is 1. The van der Waals surface area contributed by atoms with Gasteiger partial charge in [-0.2, -0.15) is 11.8 Å². The Kier molecular flexibility index (Phi) is 3.72. The number of fused-ring (bicyclic) bond motifs is 1. The normalized spacial score (nSPS) is 12.8. The Labute approximate surface area is 99.1 Å². The zero-order valence-corrected chi connectivity index (χ0v) is 10.0. The van der Waals surface area contributed by atoms with Crippen LogP contribution < -0.4 is 9.47 Å². The zero-order valence-electron chi connectivity index (χ0n) is 9.19. The van der Waals surface area contributed by atoms with Crippen LogP contribution in [0.1, 0.15) is 12.5 Å². The number of hydrogen-bond acceptors (Lipinski definition) is 4. The van der Waals surface area contributed by atoms with Crippen LogP contribution in [0.4, 0.5) is 0 Å². The van der Waals surface area contributed by atoms with Gasteiger partial charge in [-0.1, -0.05) is 6.07 Å². The summed E-state index contributed by atoms with van der Waals surface area (Å²) in [5.41, 5.74) is 1.22. The van der Waals surface area contributed by atoms with Crippen LogP contribution in [-0.4, -0.2) is 24.1 Å². The van der Waals surface area contributed by atoms with Gasteiger partial charge in [-0.3, -0.25) is 4.79 Å². The Morgan fingerprint density at radius 2 is 2.19 bits per heavy atom. The van der Waals surface area contributed by atoms with Gasteiger partial charge in [-0.25, -0.2) is 0 Å². The fourth-order valence-electron chi connectivity index (χ4n) is 1.50. The molecule has 1 aliphatic rings. The number of ether oxygens (including phenoxy) is 2. The van der Waals surface area contributed by atoms with E-state index in [2.05, 4.69) is 0 Å². The summed E-state index contributed by atoms with van der Waals surface area (Å²) in [4.78, 5) is 10.8. The van der Waals surface area contributed by atoms with Crippen molar-refractivity contribution in [1.82, 2.24) is 0 Å². The molecule has 0 saturated heterocycles. The molecule has 0 aromatic heterocycles. The number of aryl methyl sites for hydroxylation is 1. The summed E-state index contributed by atoms with van der Waals surface area (Å²) < 4.78 is 10.5. The molecule has 3 nitrogen and oxygen atoms in total. The van der Waals surface area contributed by atoms with E-state index >= 15 is 0 Å². The number of benzene rings is 1. The maximum Gasteiger partial charge on any atom is 0.231 e. The lowest BCUT2D eigenvalue weighted by Crippen LogP contribution is -1.96. The number of thioether (sulfide) groups is 1. The summed E-state index contributed by atoms with van der Waals surface area (Å²) >= 11 is 1.67. The molecular weight excluding hydrogens is 224 g/mol. The van der Waals surface area contributed by atoms with Gasteiger partial charge in [0.2, 0.25) is 6.79 Å². The second kappa shape index (κ2) is 5.25. The van der Waals surface area contributed by atoms with Crippen LogP contribution in [0.2, 0.25) is 0 Å². The summed E-state index contributed by atoms with van der Waals surface area (Å²) in [5.74, 6) is 3.44. The van der Waals surface area contributed by atoms with Crippen molar-refractivity contribution in [3.05, 3.63) is 23.8 Å². The average molecular weight is 238 g/mol. The standard InChI is InChI=1S/C12H14O3S/c1-9(13)7-16-5-4-10-2-3-11-12(6-10)15-8-14-11/h2-3,6H,4-5,7-8H2,1H3. The molecule has 1 aromatic carbocycles. The largest absolute Gasteiger partial charge is 0.454 e. The van der Waals surface area contributed by atoms with Crippen LogP contribution in [0.25, 0.3) is 0 Å². The van der Waals surface area contributed by atoms with Crippen molar-refractivity contribution in [2.45, 2.75) is 13.3 Å². The molecule has 0 N–H and O–H groups in total. The molecule has 0 fully saturated rings. The molecule has 0 unspecified atom stereocenters. The van der Waals surface area contributed by atoms with Crippen LogP contribution in [0, 0.1) is 0 Å². The maximum atomic E-state index is 10.8. The van der Waals surface area contributed by atoms with E-state index in [4.69, 9.17) is 9.47 Å². The summed E-state index contributed by atoms with van der Waals surface area (Å²) in [6.45, 7) is 1.94. The molecule has 0 bridgehead atoms. The minimum Gasteiger partial charge on any atom is -0.454 e. The Morgan fingerprint density at radius 1 is 1.38 bits per heavy atom. The van der Waals surface area contributed by atoms with Crippen molar-refractivity contribution >= 4 is 17.5 Å². The van der Waals surface area contributed by atoms with E-state index in [9.17, 15) is 4.79 Å². The third kappa shape index (κ3) is 2.92. The fraction of sp³-hybridized carbons (Fsp3) is 0.417. The van der Waals surface area contributed by atoms with E-state index < -0.39 is 0 Å². The van der Waals surface area contributed by atoms with Gasteiger partial charge in [-0.15, -0.1) is 0 Å². The SMILES string of the molecule is CC(=O)CSCCc1ccc2c(c1)OCO2. The van der Waals surface area contributed by atoms with Crippen molar-refractivity contribution in [3.8, 4) is 11.5 Å². The average Bonchev–Trinajstić information content (AvgIpc) is 2.71. The number of hydrogen-bond donors (Lipinski definition) is 0. The van der Waals surface area contributed by atoms with Gasteiger partial charge >= 0.3 is 0 Å². The Bertz CT molecular complexity index is 390. The van der Waals surface area contributed by atoms with E-state index in [-0.39, 0.29) is 5.78 Å². The molecule has 0 amide bonds. The van der Waals surface area contributed by atoms with Crippen LogP contribution >= 0.6 is 11.8 Å².